The molecule has 5 heteroatoms. The predicted octanol–water partition coefficient (Wildman–Crippen LogP) is 2.71. The second kappa shape index (κ2) is 6.63. The van der Waals surface area contributed by atoms with Crippen molar-refractivity contribution in [2.75, 3.05) is 7.05 Å². The summed E-state index contributed by atoms with van der Waals surface area (Å²) in [6.45, 7) is 3.75. The van der Waals surface area contributed by atoms with E-state index in [1.54, 1.807) is 11.3 Å². The quantitative estimate of drug-likeness (QED) is 0.888. The van der Waals surface area contributed by atoms with Crippen molar-refractivity contribution >= 4 is 17.3 Å². The van der Waals surface area contributed by atoms with Crippen LogP contribution in [0.4, 0.5) is 0 Å². The van der Waals surface area contributed by atoms with Gasteiger partial charge in [0.2, 0.25) is 0 Å². The monoisotopic (exact) mass is 290 g/mol. The Balaban J connectivity index is 1.92. The molecule has 106 valence electrons. The van der Waals surface area contributed by atoms with E-state index in [2.05, 4.69) is 16.9 Å². The van der Waals surface area contributed by atoms with E-state index >= 15 is 0 Å². The largest absolute Gasteiger partial charge is 0.481 e. The van der Waals surface area contributed by atoms with Crippen LogP contribution in [0.3, 0.4) is 0 Å². The van der Waals surface area contributed by atoms with Crippen molar-refractivity contribution in [3.05, 3.63) is 51.5 Å². The van der Waals surface area contributed by atoms with E-state index in [4.69, 9.17) is 5.11 Å². The maximum atomic E-state index is 10.6. The average Bonchev–Trinajstić information content (AvgIpc) is 2.77. The number of aromatic nitrogens is 1. The van der Waals surface area contributed by atoms with Crippen LogP contribution >= 0.6 is 11.3 Å². The summed E-state index contributed by atoms with van der Waals surface area (Å²) in [5.41, 5.74) is 4.99. The number of carbonyl (C=O) groups is 1. The van der Waals surface area contributed by atoms with Gasteiger partial charge in [0, 0.05) is 18.0 Å². The number of thiazole rings is 1. The highest BCUT2D eigenvalue weighted by atomic mass is 32.1. The van der Waals surface area contributed by atoms with E-state index in [-0.39, 0.29) is 6.42 Å². The molecule has 0 saturated carbocycles. The smallest absolute Gasteiger partial charge is 0.307 e. The molecule has 0 atom stereocenters. The fraction of sp³-hybridized carbons (Fsp3) is 0.333. The van der Waals surface area contributed by atoms with Crippen molar-refractivity contribution < 1.29 is 9.90 Å². The maximum Gasteiger partial charge on any atom is 0.307 e. The minimum atomic E-state index is -0.796. The second-order valence-electron chi connectivity index (χ2n) is 4.92. The standard InChI is InChI=1S/C15H18N2O2S/c1-11-14(20-10-16-11)9-17(2)8-13-5-3-12(4-6-13)7-15(18)19/h3-6,10H,7-9H2,1-2H3,(H,18,19). The van der Waals surface area contributed by atoms with Crippen LogP contribution in [0.15, 0.2) is 29.8 Å². The van der Waals surface area contributed by atoms with Crippen LogP contribution in [0, 0.1) is 6.92 Å². The van der Waals surface area contributed by atoms with Gasteiger partial charge in [0.1, 0.15) is 0 Å². The number of hydrogen-bond acceptors (Lipinski definition) is 4. The lowest BCUT2D eigenvalue weighted by Gasteiger charge is -2.16. The second-order valence-corrected chi connectivity index (χ2v) is 5.86. The van der Waals surface area contributed by atoms with Crippen molar-refractivity contribution in [3.8, 4) is 0 Å². The van der Waals surface area contributed by atoms with E-state index in [9.17, 15) is 4.79 Å². The molecule has 1 aromatic heterocycles. The van der Waals surface area contributed by atoms with Gasteiger partial charge >= 0.3 is 5.97 Å². The molecular weight excluding hydrogens is 272 g/mol. The number of rotatable bonds is 6. The van der Waals surface area contributed by atoms with Crippen LogP contribution in [0.25, 0.3) is 0 Å². The first-order valence-corrected chi connectivity index (χ1v) is 7.29. The number of hydrogen-bond donors (Lipinski definition) is 1. The zero-order valence-corrected chi connectivity index (χ0v) is 12.5. The zero-order chi connectivity index (χ0) is 14.5. The Kier molecular flexibility index (Phi) is 4.87. The van der Waals surface area contributed by atoms with Crippen LogP contribution in [0.5, 0.6) is 0 Å². The van der Waals surface area contributed by atoms with Gasteiger partial charge in [-0.2, -0.15) is 0 Å². The number of nitrogens with zero attached hydrogens (tertiary/aromatic N) is 2. The van der Waals surface area contributed by atoms with Crippen molar-refractivity contribution in [2.45, 2.75) is 26.4 Å². The Morgan fingerprint density at radius 1 is 1.25 bits per heavy atom. The van der Waals surface area contributed by atoms with Crippen LogP contribution < -0.4 is 0 Å². The van der Waals surface area contributed by atoms with Crippen molar-refractivity contribution in [1.82, 2.24) is 9.88 Å². The van der Waals surface area contributed by atoms with Crippen LogP contribution in [-0.2, 0) is 24.3 Å². The first-order chi connectivity index (χ1) is 9.54. The third-order valence-electron chi connectivity index (χ3n) is 3.09. The number of aryl methyl sites for hydroxylation is 1. The van der Waals surface area contributed by atoms with Gasteiger partial charge in [0.15, 0.2) is 0 Å². The minimum Gasteiger partial charge on any atom is -0.481 e. The first kappa shape index (κ1) is 14.7. The van der Waals surface area contributed by atoms with Gasteiger partial charge < -0.3 is 5.11 Å². The minimum absolute atomic E-state index is 0.0795. The van der Waals surface area contributed by atoms with Gasteiger partial charge in [0.25, 0.3) is 0 Å². The molecule has 0 saturated heterocycles. The van der Waals surface area contributed by atoms with E-state index in [1.165, 1.54) is 10.4 Å². The average molecular weight is 290 g/mol. The van der Waals surface area contributed by atoms with Crippen molar-refractivity contribution in [3.63, 3.8) is 0 Å². The molecule has 2 rings (SSSR count). The molecule has 4 nitrogen and oxygen atoms in total. The SMILES string of the molecule is Cc1ncsc1CN(C)Cc1ccc(CC(=O)O)cc1. The molecule has 0 fully saturated rings. The fourth-order valence-electron chi connectivity index (χ4n) is 2.03. The zero-order valence-electron chi connectivity index (χ0n) is 11.7. The van der Waals surface area contributed by atoms with E-state index in [0.717, 1.165) is 24.3 Å². The molecule has 0 spiro atoms. The normalized spacial score (nSPS) is 10.9. The Morgan fingerprint density at radius 2 is 1.90 bits per heavy atom. The summed E-state index contributed by atoms with van der Waals surface area (Å²) in [5, 5.41) is 8.74. The fourth-order valence-corrected chi connectivity index (χ4v) is 2.88. The number of aliphatic carboxylic acids is 1. The van der Waals surface area contributed by atoms with Crippen molar-refractivity contribution in [1.29, 1.82) is 0 Å². The summed E-state index contributed by atoms with van der Waals surface area (Å²) >= 11 is 1.68. The first-order valence-electron chi connectivity index (χ1n) is 6.41. The maximum absolute atomic E-state index is 10.6. The van der Waals surface area contributed by atoms with Gasteiger partial charge in [-0.25, -0.2) is 4.98 Å². The van der Waals surface area contributed by atoms with Gasteiger partial charge in [-0.05, 0) is 25.1 Å². The molecule has 0 aliphatic heterocycles. The summed E-state index contributed by atoms with van der Waals surface area (Å²) < 4.78 is 0. The third kappa shape index (κ3) is 4.15. The molecule has 0 radical (unpaired) electrons. The lowest BCUT2D eigenvalue weighted by atomic mass is 10.1. The number of carboxylic acid groups (broad SMARTS) is 1. The Bertz CT molecular complexity index is 578. The van der Waals surface area contributed by atoms with Gasteiger partial charge in [0.05, 0.1) is 17.6 Å². The van der Waals surface area contributed by atoms with E-state index < -0.39 is 5.97 Å². The summed E-state index contributed by atoms with van der Waals surface area (Å²) in [4.78, 5) is 18.4. The van der Waals surface area contributed by atoms with Crippen LogP contribution in [0.2, 0.25) is 0 Å². The lowest BCUT2D eigenvalue weighted by Crippen LogP contribution is -2.17. The molecule has 1 heterocycles. The summed E-state index contributed by atoms with van der Waals surface area (Å²) in [5.74, 6) is -0.796. The Labute approximate surface area is 122 Å². The molecule has 1 aromatic carbocycles. The highest BCUT2D eigenvalue weighted by Gasteiger charge is 2.07. The summed E-state index contributed by atoms with van der Waals surface area (Å²) in [6.07, 6.45) is 0.0795. The van der Waals surface area contributed by atoms with E-state index in [1.807, 2.05) is 36.7 Å². The number of carboxylic acids is 1. The molecular formula is C15H18N2O2S. The molecule has 0 unspecified atom stereocenters. The molecule has 0 amide bonds. The highest BCUT2D eigenvalue weighted by Crippen LogP contribution is 2.16. The predicted molar refractivity (Wildman–Crippen MR) is 79.8 cm³/mol. The molecule has 2 aromatic rings. The van der Waals surface area contributed by atoms with E-state index in [0.29, 0.717) is 0 Å². The molecule has 0 bridgehead atoms. The topological polar surface area (TPSA) is 53.4 Å². The summed E-state index contributed by atoms with van der Waals surface area (Å²) in [7, 11) is 2.07. The third-order valence-corrected chi connectivity index (χ3v) is 4.01. The van der Waals surface area contributed by atoms with Gasteiger partial charge in [-0.15, -0.1) is 11.3 Å². The molecule has 0 aliphatic carbocycles. The van der Waals surface area contributed by atoms with Crippen LogP contribution in [0.1, 0.15) is 21.7 Å². The molecule has 0 aliphatic rings. The van der Waals surface area contributed by atoms with Gasteiger partial charge in [-0.3, -0.25) is 9.69 Å². The number of benzene rings is 1. The van der Waals surface area contributed by atoms with Gasteiger partial charge in [-0.1, -0.05) is 24.3 Å². The summed E-state index contributed by atoms with van der Waals surface area (Å²) in [6, 6.07) is 7.76. The molecule has 20 heavy (non-hydrogen) atoms. The molecule has 1 N–H and O–H groups in total. The lowest BCUT2D eigenvalue weighted by molar-refractivity contribution is -0.136. The van der Waals surface area contributed by atoms with Crippen LogP contribution in [-0.4, -0.2) is 28.0 Å². The highest BCUT2D eigenvalue weighted by molar-refractivity contribution is 7.09. The Morgan fingerprint density at radius 3 is 2.45 bits per heavy atom. The van der Waals surface area contributed by atoms with Crippen molar-refractivity contribution in [2.24, 2.45) is 0 Å². The Hall–Kier alpha value is -1.72.